The van der Waals surface area contributed by atoms with Crippen molar-refractivity contribution in [3.05, 3.63) is 35.4 Å². The standard InChI is InChI=1S/C19H28N2O2/c1-4-18(22)21(13-16-10-6-5-9-14(16)2)15(3)19(23)20-17-11-7-8-12-17/h5-6,9-10,15,17H,4,7-8,11-13H2,1-3H3,(H,20,23). The molecule has 1 aromatic rings. The Morgan fingerprint density at radius 1 is 1.26 bits per heavy atom. The number of carbonyl (C=O) groups is 2. The van der Waals surface area contributed by atoms with Crippen LogP contribution in [0.1, 0.15) is 57.1 Å². The second kappa shape index (κ2) is 8.14. The summed E-state index contributed by atoms with van der Waals surface area (Å²) in [5, 5.41) is 3.11. The fourth-order valence-corrected chi connectivity index (χ4v) is 3.15. The van der Waals surface area contributed by atoms with Crippen LogP contribution in [0, 0.1) is 6.92 Å². The van der Waals surface area contributed by atoms with Crippen molar-refractivity contribution in [2.45, 2.75) is 71.5 Å². The molecule has 4 nitrogen and oxygen atoms in total. The third kappa shape index (κ3) is 4.57. The molecule has 1 unspecified atom stereocenters. The summed E-state index contributed by atoms with van der Waals surface area (Å²) in [6.45, 7) is 6.19. The number of nitrogens with one attached hydrogen (secondary N) is 1. The highest BCUT2D eigenvalue weighted by Gasteiger charge is 2.27. The van der Waals surface area contributed by atoms with Crippen molar-refractivity contribution in [2.24, 2.45) is 0 Å². The molecule has 1 aromatic carbocycles. The molecule has 23 heavy (non-hydrogen) atoms. The van der Waals surface area contributed by atoms with Gasteiger partial charge in [-0.05, 0) is 37.8 Å². The summed E-state index contributed by atoms with van der Waals surface area (Å²) in [7, 11) is 0. The van der Waals surface area contributed by atoms with Gasteiger partial charge in [0.15, 0.2) is 0 Å². The van der Waals surface area contributed by atoms with Crippen molar-refractivity contribution in [1.82, 2.24) is 10.2 Å². The van der Waals surface area contributed by atoms with Crippen LogP contribution in [-0.4, -0.2) is 28.8 Å². The topological polar surface area (TPSA) is 49.4 Å². The van der Waals surface area contributed by atoms with Gasteiger partial charge in [0.25, 0.3) is 0 Å². The summed E-state index contributed by atoms with van der Waals surface area (Å²) < 4.78 is 0. The van der Waals surface area contributed by atoms with Gasteiger partial charge in [0.2, 0.25) is 11.8 Å². The largest absolute Gasteiger partial charge is 0.352 e. The average Bonchev–Trinajstić information content (AvgIpc) is 3.05. The van der Waals surface area contributed by atoms with Gasteiger partial charge in [-0.3, -0.25) is 9.59 Å². The van der Waals surface area contributed by atoms with Crippen LogP contribution < -0.4 is 5.32 Å². The Bertz CT molecular complexity index is 550. The van der Waals surface area contributed by atoms with Crippen LogP contribution in [0.3, 0.4) is 0 Å². The van der Waals surface area contributed by atoms with Crippen LogP contribution >= 0.6 is 0 Å². The van der Waals surface area contributed by atoms with Crippen molar-refractivity contribution in [3.8, 4) is 0 Å². The SMILES string of the molecule is CCC(=O)N(Cc1ccccc1C)C(C)C(=O)NC1CCCC1. The molecule has 0 radical (unpaired) electrons. The molecule has 0 aliphatic heterocycles. The number of aryl methyl sites for hydroxylation is 1. The van der Waals surface area contributed by atoms with E-state index in [4.69, 9.17) is 0 Å². The summed E-state index contributed by atoms with van der Waals surface area (Å²) >= 11 is 0. The number of amides is 2. The summed E-state index contributed by atoms with van der Waals surface area (Å²) in [6, 6.07) is 7.85. The first-order valence-electron chi connectivity index (χ1n) is 8.67. The Balaban J connectivity index is 2.08. The van der Waals surface area contributed by atoms with E-state index in [9.17, 15) is 9.59 Å². The Morgan fingerprint density at radius 3 is 2.52 bits per heavy atom. The third-order valence-electron chi connectivity index (χ3n) is 4.77. The maximum Gasteiger partial charge on any atom is 0.242 e. The van der Waals surface area contributed by atoms with Gasteiger partial charge in [-0.1, -0.05) is 44.0 Å². The molecule has 2 amide bonds. The van der Waals surface area contributed by atoms with Crippen LogP contribution in [0.15, 0.2) is 24.3 Å². The number of hydrogen-bond acceptors (Lipinski definition) is 2. The molecule has 4 heteroatoms. The predicted molar refractivity (Wildman–Crippen MR) is 91.9 cm³/mol. The van der Waals surface area contributed by atoms with Crippen LogP contribution in [-0.2, 0) is 16.1 Å². The molecule has 1 aliphatic rings. The molecule has 0 aromatic heterocycles. The molecule has 2 rings (SSSR count). The summed E-state index contributed by atoms with van der Waals surface area (Å²) in [4.78, 5) is 26.6. The van der Waals surface area contributed by atoms with Gasteiger partial charge in [-0.2, -0.15) is 0 Å². The Labute approximate surface area is 139 Å². The Morgan fingerprint density at radius 2 is 1.91 bits per heavy atom. The van der Waals surface area contributed by atoms with E-state index >= 15 is 0 Å². The van der Waals surface area contributed by atoms with Crippen LogP contribution in [0.5, 0.6) is 0 Å². The molecular formula is C19H28N2O2. The van der Waals surface area contributed by atoms with E-state index in [1.165, 1.54) is 12.8 Å². The normalized spacial score (nSPS) is 16.1. The fourth-order valence-electron chi connectivity index (χ4n) is 3.15. The van der Waals surface area contributed by atoms with Crippen LogP contribution in [0.2, 0.25) is 0 Å². The third-order valence-corrected chi connectivity index (χ3v) is 4.77. The lowest BCUT2D eigenvalue weighted by atomic mass is 10.1. The summed E-state index contributed by atoms with van der Waals surface area (Å²) in [5.41, 5.74) is 2.24. The fraction of sp³-hybridized carbons (Fsp3) is 0.579. The van der Waals surface area contributed by atoms with E-state index < -0.39 is 6.04 Å². The van der Waals surface area contributed by atoms with Gasteiger partial charge >= 0.3 is 0 Å². The lowest BCUT2D eigenvalue weighted by molar-refractivity contribution is -0.140. The zero-order valence-corrected chi connectivity index (χ0v) is 14.5. The van der Waals surface area contributed by atoms with Crippen molar-refractivity contribution < 1.29 is 9.59 Å². The highest BCUT2D eigenvalue weighted by Crippen LogP contribution is 2.19. The van der Waals surface area contributed by atoms with E-state index in [2.05, 4.69) is 5.32 Å². The molecule has 0 saturated heterocycles. The molecule has 1 atom stereocenters. The molecule has 1 fully saturated rings. The van der Waals surface area contributed by atoms with Crippen molar-refractivity contribution >= 4 is 11.8 Å². The molecule has 1 saturated carbocycles. The molecule has 0 heterocycles. The molecule has 0 bridgehead atoms. The monoisotopic (exact) mass is 316 g/mol. The second-order valence-corrected chi connectivity index (χ2v) is 6.47. The van der Waals surface area contributed by atoms with Crippen LogP contribution in [0.4, 0.5) is 0 Å². The zero-order chi connectivity index (χ0) is 16.8. The van der Waals surface area contributed by atoms with Gasteiger partial charge in [-0.15, -0.1) is 0 Å². The van der Waals surface area contributed by atoms with Gasteiger partial charge in [-0.25, -0.2) is 0 Å². The van der Waals surface area contributed by atoms with Gasteiger partial charge < -0.3 is 10.2 Å². The zero-order valence-electron chi connectivity index (χ0n) is 14.5. The molecule has 1 N–H and O–H groups in total. The second-order valence-electron chi connectivity index (χ2n) is 6.47. The Hall–Kier alpha value is -1.84. The van der Waals surface area contributed by atoms with Crippen molar-refractivity contribution in [3.63, 3.8) is 0 Å². The highest BCUT2D eigenvalue weighted by atomic mass is 16.2. The van der Waals surface area contributed by atoms with Crippen molar-refractivity contribution in [1.29, 1.82) is 0 Å². The maximum atomic E-state index is 12.5. The van der Waals surface area contributed by atoms with Crippen molar-refractivity contribution in [2.75, 3.05) is 0 Å². The van der Waals surface area contributed by atoms with Crippen LogP contribution in [0.25, 0.3) is 0 Å². The number of rotatable bonds is 6. The quantitative estimate of drug-likeness (QED) is 0.876. The smallest absolute Gasteiger partial charge is 0.242 e. The summed E-state index contributed by atoms with van der Waals surface area (Å²) in [5.74, 6) is -0.0189. The predicted octanol–water partition coefficient (Wildman–Crippen LogP) is 3.18. The number of hydrogen-bond donors (Lipinski definition) is 1. The first-order chi connectivity index (χ1) is 11.0. The molecule has 1 aliphatic carbocycles. The van der Waals surface area contributed by atoms with E-state index in [0.29, 0.717) is 13.0 Å². The first-order valence-corrected chi connectivity index (χ1v) is 8.67. The summed E-state index contributed by atoms with van der Waals surface area (Å²) in [6.07, 6.45) is 4.88. The van der Waals surface area contributed by atoms with Gasteiger partial charge in [0.05, 0.1) is 0 Å². The minimum absolute atomic E-state index is 0.0160. The van der Waals surface area contributed by atoms with E-state index in [1.807, 2.05) is 45.0 Å². The van der Waals surface area contributed by atoms with E-state index in [-0.39, 0.29) is 17.9 Å². The minimum atomic E-state index is -0.442. The average molecular weight is 316 g/mol. The maximum absolute atomic E-state index is 12.5. The number of nitrogens with zero attached hydrogens (tertiary/aromatic N) is 1. The first kappa shape index (κ1) is 17.5. The van der Waals surface area contributed by atoms with Gasteiger partial charge in [0.1, 0.15) is 6.04 Å². The minimum Gasteiger partial charge on any atom is -0.352 e. The van der Waals surface area contributed by atoms with E-state index in [0.717, 1.165) is 24.0 Å². The highest BCUT2D eigenvalue weighted by molar-refractivity contribution is 5.87. The van der Waals surface area contributed by atoms with E-state index in [1.54, 1.807) is 4.90 Å². The molecular weight excluding hydrogens is 288 g/mol. The number of carbonyl (C=O) groups excluding carboxylic acids is 2. The Kier molecular flexibility index (Phi) is 6.20. The molecule has 0 spiro atoms. The lowest BCUT2D eigenvalue weighted by Gasteiger charge is -2.30. The molecule has 126 valence electrons. The lowest BCUT2D eigenvalue weighted by Crippen LogP contribution is -2.49. The number of benzene rings is 1. The van der Waals surface area contributed by atoms with Gasteiger partial charge in [0, 0.05) is 19.0 Å².